The molecule has 3 N–H and O–H groups in total. The molecule has 0 unspecified atom stereocenters. The van der Waals surface area contributed by atoms with Gasteiger partial charge in [-0.1, -0.05) is 6.07 Å². The number of piperidine rings is 2. The highest BCUT2D eigenvalue weighted by atomic mass is 32.2. The van der Waals surface area contributed by atoms with E-state index in [0.29, 0.717) is 38.6 Å². The first-order valence-electron chi connectivity index (χ1n) is 17.4. The summed E-state index contributed by atoms with van der Waals surface area (Å²) in [6, 6.07) is 5.91. The van der Waals surface area contributed by atoms with Gasteiger partial charge in [0.05, 0.1) is 16.7 Å². The van der Waals surface area contributed by atoms with Gasteiger partial charge in [0, 0.05) is 75.8 Å². The van der Waals surface area contributed by atoms with E-state index in [0.717, 1.165) is 103 Å². The molecule has 0 bridgehead atoms. The van der Waals surface area contributed by atoms with Crippen LogP contribution in [0.1, 0.15) is 60.3 Å². The maximum absolute atomic E-state index is 14.2. The molecule has 47 heavy (non-hydrogen) atoms. The third-order valence-corrected chi connectivity index (χ3v) is 12.0. The lowest BCUT2D eigenvalue weighted by Crippen LogP contribution is -2.57. The molecule has 1 atom stereocenters. The molecule has 11 nitrogen and oxygen atoms in total. The molecule has 7 rings (SSSR count). The predicted molar refractivity (Wildman–Crippen MR) is 185 cm³/mol. The summed E-state index contributed by atoms with van der Waals surface area (Å²) in [6.45, 7) is 8.92. The first kappa shape index (κ1) is 32.2. The van der Waals surface area contributed by atoms with E-state index in [-0.39, 0.29) is 23.4 Å². The van der Waals surface area contributed by atoms with Gasteiger partial charge in [0.2, 0.25) is 5.91 Å². The number of benzene rings is 1. The average molecular weight is 661 g/mol. The number of hydrogen-bond acceptors (Lipinski definition) is 7. The number of thioether (sulfide) groups is 1. The highest BCUT2D eigenvalue weighted by Gasteiger charge is 2.34. The number of likely N-dealkylation sites (tertiary alicyclic amines) is 2. The van der Waals surface area contributed by atoms with Crippen LogP contribution in [0, 0.1) is 6.92 Å². The number of fused-ring (bicyclic) bond motifs is 2. The molecule has 4 aliphatic rings. The van der Waals surface area contributed by atoms with Crippen molar-refractivity contribution in [1.82, 2.24) is 40.1 Å². The van der Waals surface area contributed by atoms with Crippen molar-refractivity contribution in [2.45, 2.75) is 74.9 Å². The van der Waals surface area contributed by atoms with Crippen molar-refractivity contribution in [3.05, 3.63) is 57.0 Å². The Balaban J connectivity index is 1.02. The second-order valence-corrected chi connectivity index (χ2v) is 15.1. The minimum absolute atomic E-state index is 0.00605. The van der Waals surface area contributed by atoms with Gasteiger partial charge in [0.15, 0.2) is 0 Å². The molecule has 3 saturated heterocycles. The number of aryl methyl sites for hydroxylation is 2. The SMILES string of the molecule is Cc1cc(C[C@@H](NC(=O)N2CCC(c3cc4c([nH]c3=O)SCCC4)CC2)C(=O)N2CCC(N3CCN(C)CC3)CC2)cc2cn[nH]c12. The van der Waals surface area contributed by atoms with Gasteiger partial charge in [0.1, 0.15) is 6.04 Å². The molecule has 0 radical (unpaired) electrons. The van der Waals surface area contributed by atoms with Gasteiger partial charge in [-0.3, -0.25) is 19.6 Å². The van der Waals surface area contributed by atoms with Crippen molar-refractivity contribution < 1.29 is 9.59 Å². The van der Waals surface area contributed by atoms with E-state index in [1.54, 1.807) is 18.0 Å². The number of carbonyl (C=O) groups excluding carboxylic acids is 2. The zero-order valence-corrected chi connectivity index (χ0v) is 28.5. The van der Waals surface area contributed by atoms with Gasteiger partial charge in [-0.15, -0.1) is 11.8 Å². The second kappa shape index (κ2) is 14.0. The lowest BCUT2D eigenvalue weighted by Gasteiger charge is -2.42. The lowest BCUT2D eigenvalue weighted by molar-refractivity contribution is -0.135. The summed E-state index contributed by atoms with van der Waals surface area (Å²) in [7, 11) is 2.18. The molecule has 0 saturated carbocycles. The number of urea groups is 1. The molecule has 3 fully saturated rings. The van der Waals surface area contributed by atoms with Crippen LogP contribution in [0.3, 0.4) is 0 Å². The Labute approximate surface area is 280 Å². The number of rotatable bonds is 6. The van der Waals surface area contributed by atoms with Crippen molar-refractivity contribution in [1.29, 1.82) is 0 Å². The van der Waals surface area contributed by atoms with Gasteiger partial charge < -0.3 is 25.0 Å². The standard InChI is InChI=1S/C35H48N8O3S/c1-23-18-24(19-27-22-36-39-31(23)27)20-30(34(45)42-11-7-28(8-12-42)41-15-13-40(2)14-16-41)37-35(46)43-9-5-25(6-10-43)29-21-26-4-3-17-47-33(26)38-32(29)44/h18-19,21-22,25,28,30H,3-17,20H2,1-2H3,(H,36,39)(H,37,46)(H,38,44)/t30-/m1/s1. The first-order chi connectivity index (χ1) is 22.8. The van der Waals surface area contributed by atoms with Gasteiger partial charge in [-0.05, 0) is 93.0 Å². The number of nitrogens with zero attached hydrogens (tertiary/aromatic N) is 5. The van der Waals surface area contributed by atoms with E-state index in [1.807, 2.05) is 16.7 Å². The second-order valence-electron chi connectivity index (χ2n) is 14.0. The van der Waals surface area contributed by atoms with Gasteiger partial charge in [-0.2, -0.15) is 5.10 Å². The van der Waals surface area contributed by atoms with E-state index in [4.69, 9.17) is 0 Å². The predicted octanol–water partition coefficient (Wildman–Crippen LogP) is 3.34. The molecule has 0 aliphatic carbocycles. The monoisotopic (exact) mass is 660 g/mol. The summed E-state index contributed by atoms with van der Waals surface area (Å²) >= 11 is 1.73. The summed E-state index contributed by atoms with van der Waals surface area (Å²) < 4.78 is 0. The van der Waals surface area contributed by atoms with E-state index in [1.165, 1.54) is 5.56 Å². The highest BCUT2D eigenvalue weighted by molar-refractivity contribution is 7.99. The van der Waals surface area contributed by atoms with E-state index in [2.05, 4.69) is 55.5 Å². The number of piperazine rings is 1. The molecule has 252 valence electrons. The maximum atomic E-state index is 14.2. The third-order valence-electron chi connectivity index (χ3n) is 10.8. The zero-order valence-electron chi connectivity index (χ0n) is 27.7. The van der Waals surface area contributed by atoms with Crippen molar-refractivity contribution in [2.75, 3.05) is 65.2 Å². The number of aromatic nitrogens is 3. The number of amides is 3. The van der Waals surface area contributed by atoms with Gasteiger partial charge >= 0.3 is 6.03 Å². The molecular weight excluding hydrogens is 613 g/mol. The highest BCUT2D eigenvalue weighted by Crippen LogP contribution is 2.32. The molecule has 4 aliphatic heterocycles. The zero-order chi connectivity index (χ0) is 32.5. The number of pyridine rings is 1. The summed E-state index contributed by atoms with van der Waals surface area (Å²) in [6.07, 6.45) is 7.75. The number of nitrogens with one attached hydrogen (secondary N) is 3. The Morgan fingerprint density at radius 2 is 1.74 bits per heavy atom. The first-order valence-corrected chi connectivity index (χ1v) is 18.4. The minimum atomic E-state index is -0.662. The van der Waals surface area contributed by atoms with Crippen LogP contribution < -0.4 is 10.9 Å². The Hall–Kier alpha value is -3.35. The molecule has 1 aromatic carbocycles. The fourth-order valence-corrected chi connectivity index (χ4v) is 8.99. The van der Waals surface area contributed by atoms with Crippen molar-refractivity contribution in [2.24, 2.45) is 0 Å². The Kier molecular flexibility index (Phi) is 9.61. The van der Waals surface area contributed by atoms with Crippen LogP contribution >= 0.6 is 11.8 Å². The summed E-state index contributed by atoms with van der Waals surface area (Å²) in [5.41, 5.74) is 5.17. The van der Waals surface area contributed by atoms with Crippen LogP contribution in [-0.2, 0) is 17.6 Å². The van der Waals surface area contributed by atoms with E-state index in [9.17, 15) is 14.4 Å². The van der Waals surface area contributed by atoms with E-state index < -0.39 is 6.04 Å². The third kappa shape index (κ3) is 7.10. The smallest absolute Gasteiger partial charge is 0.318 e. The Bertz CT molecular complexity index is 1650. The largest absolute Gasteiger partial charge is 0.341 e. The van der Waals surface area contributed by atoms with Crippen LogP contribution in [0.4, 0.5) is 4.79 Å². The number of H-pyrrole nitrogens is 2. The molecule has 0 spiro atoms. The number of hydrogen-bond donors (Lipinski definition) is 3. The summed E-state index contributed by atoms with van der Waals surface area (Å²) in [5.74, 6) is 1.17. The maximum Gasteiger partial charge on any atom is 0.318 e. The van der Waals surface area contributed by atoms with Crippen LogP contribution in [0.5, 0.6) is 0 Å². The molecule has 12 heteroatoms. The van der Waals surface area contributed by atoms with Gasteiger partial charge in [-0.25, -0.2) is 4.79 Å². The number of carbonyl (C=O) groups is 2. The average Bonchev–Trinajstić information content (AvgIpc) is 3.57. The quantitative estimate of drug-likeness (QED) is 0.371. The minimum Gasteiger partial charge on any atom is -0.341 e. The van der Waals surface area contributed by atoms with Crippen molar-refractivity contribution in [3.8, 4) is 0 Å². The fourth-order valence-electron chi connectivity index (χ4n) is 7.99. The topological polar surface area (TPSA) is 121 Å². The van der Waals surface area contributed by atoms with Crippen LogP contribution in [0.2, 0.25) is 0 Å². The van der Waals surface area contributed by atoms with Crippen LogP contribution in [0.25, 0.3) is 10.9 Å². The Morgan fingerprint density at radius 1 is 1.00 bits per heavy atom. The molecular formula is C35H48N8O3S. The molecule has 3 amide bonds. The van der Waals surface area contributed by atoms with Crippen molar-refractivity contribution >= 4 is 34.6 Å². The van der Waals surface area contributed by atoms with Gasteiger partial charge in [0.25, 0.3) is 5.56 Å². The Morgan fingerprint density at radius 3 is 2.51 bits per heavy atom. The molecule has 2 aromatic heterocycles. The molecule has 3 aromatic rings. The lowest BCUT2D eigenvalue weighted by atomic mass is 9.89. The van der Waals surface area contributed by atoms with Crippen molar-refractivity contribution in [3.63, 3.8) is 0 Å². The number of aromatic amines is 2. The van der Waals surface area contributed by atoms with E-state index >= 15 is 0 Å². The van der Waals surface area contributed by atoms with Crippen LogP contribution in [0.15, 0.2) is 34.2 Å². The normalized spacial score (nSPS) is 21.1. The summed E-state index contributed by atoms with van der Waals surface area (Å²) in [4.78, 5) is 52.7. The number of likely N-dealkylation sites (N-methyl/N-ethyl adjacent to an activating group) is 1. The van der Waals surface area contributed by atoms with Crippen LogP contribution in [-0.4, -0.2) is 124 Å². The summed E-state index contributed by atoms with van der Waals surface area (Å²) in [5, 5.41) is 12.4. The fraction of sp³-hybridized carbons (Fsp3) is 0.600. The molecule has 6 heterocycles.